The minimum atomic E-state index is -0.684. The molecule has 1 aromatic carbocycles. The highest BCUT2D eigenvalue weighted by molar-refractivity contribution is 5.98. The fourth-order valence-electron chi connectivity index (χ4n) is 5.08. The van der Waals surface area contributed by atoms with Gasteiger partial charge in [-0.1, -0.05) is 18.6 Å². The van der Waals surface area contributed by atoms with Crippen molar-refractivity contribution in [3.8, 4) is 0 Å². The fourth-order valence-corrected chi connectivity index (χ4v) is 5.08. The number of carbonyl (C=O) groups excluding carboxylic acids is 3. The lowest BCUT2D eigenvalue weighted by molar-refractivity contribution is -0.128. The number of H-pyrrole nitrogens is 2. The van der Waals surface area contributed by atoms with Gasteiger partial charge >= 0.3 is 0 Å². The third-order valence-electron chi connectivity index (χ3n) is 6.50. The van der Waals surface area contributed by atoms with Gasteiger partial charge in [0.15, 0.2) is 5.82 Å². The second-order valence-corrected chi connectivity index (χ2v) is 8.39. The molecule has 2 fully saturated rings. The Labute approximate surface area is 178 Å². The lowest BCUT2D eigenvalue weighted by atomic mass is 9.93. The molecular weight excluding hydrogens is 396 g/mol. The predicted molar refractivity (Wildman–Crippen MR) is 112 cm³/mol. The van der Waals surface area contributed by atoms with E-state index in [1.807, 2.05) is 24.3 Å². The van der Waals surface area contributed by atoms with Crippen LogP contribution in [-0.2, 0) is 16.0 Å². The topological polar surface area (TPSA) is 124 Å². The van der Waals surface area contributed by atoms with Crippen LogP contribution in [0.5, 0.6) is 0 Å². The number of amides is 2. The number of benzene rings is 1. The van der Waals surface area contributed by atoms with Crippen LogP contribution in [0.25, 0.3) is 11.0 Å². The highest BCUT2D eigenvalue weighted by Gasteiger charge is 2.50. The summed E-state index contributed by atoms with van der Waals surface area (Å²) in [6, 6.07) is 6.17. The number of nitrogens with zero attached hydrogens (tertiary/aromatic N) is 3. The van der Waals surface area contributed by atoms with Gasteiger partial charge < -0.3 is 25.0 Å². The number of nitrogens with one attached hydrogen (secondary N) is 3. The average Bonchev–Trinajstić information content (AvgIpc) is 3.55. The second kappa shape index (κ2) is 7.98. The Bertz CT molecular complexity index is 1070. The number of hydrogen-bond donors (Lipinski definition) is 3. The molecular formula is C22H24N6O3. The van der Waals surface area contributed by atoms with Crippen molar-refractivity contribution in [3.05, 3.63) is 48.3 Å². The van der Waals surface area contributed by atoms with E-state index < -0.39 is 12.1 Å². The first-order valence-corrected chi connectivity index (χ1v) is 10.6. The lowest BCUT2D eigenvalue weighted by Gasteiger charge is -2.27. The Balaban J connectivity index is 1.38. The van der Waals surface area contributed by atoms with Crippen molar-refractivity contribution in [3.63, 3.8) is 0 Å². The van der Waals surface area contributed by atoms with E-state index in [4.69, 9.17) is 0 Å². The number of aromatic nitrogens is 4. The van der Waals surface area contributed by atoms with Crippen LogP contribution < -0.4 is 5.32 Å². The molecule has 160 valence electrons. The summed E-state index contributed by atoms with van der Waals surface area (Å²) < 4.78 is 0. The van der Waals surface area contributed by atoms with E-state index in [2.05, 4.69) is 25.3 Å². The molecule has 3 N–H and O–H groups in total. The maximum absolute atomic E-state index is 13.3. The second-order valence-electron chi connectivity index (χ2n) is 8.39. The zero-order valence-electron chi connectivity index (χ0n) is 17.0. The van der Waals surface area contributed by atoms with Crippen LogP contribution in [0, 0.1) is 11.8 Å². The molecule has 1 saturated heterocycles. The zero-order chi connectivity index (χ0) is 21.4. The van der Waals surface area contributed by atoms with Crippen LogP contribution in [0.2, 0.25) is 0 Å². The van der Waals surface area contributed by atoms with Crippen molar-refractivity contribution in [2.45, 2.75) is 37.8 Å². The third-order valence-corrected chi connectivity index (χ3v) is 6.50. The molecule has 0 spiro atoms. The molecule has 1 saturated carbocycles. The number of likely N-dealkylation sites (tertiary alicyclic amines) is 1. The smallest absolute Gasteiger partial charge is 0.290 e. The van der Waals surface area contributed by atoms with Crippen LogP contribution >= 0.6 is 0 Å². The van der Waals surface area contributed by atoms with Gasteiger partial charge in [-0.25, -0.2) is 9.97 Å². The van der Waals surface area contributed by atoms with E-state index in [1.165, 1.54) is 6.33 Å². The number of carbonyl (C=O) groups is 3. The molecule has 9 nitrogen and oxygen atoms in total. The molecule has 1 aliphatic heterocycles. The van der Waals surface area contributed by atoms with E-state index in [9.17, 15) is 14.4 Å². The number of rotatable bonds is 6. The molecule has 9 heteroatoms. The summed E-state index contributed by atoms with van der Waals surface area (Å²) in [7, 11) is 0. The molecule has 2 aromatic heterocycles. The van der Waals surface area contributed by atoms with Gasteiger partial charge in [0.25, 0.3) is 5.91 Å². The fraction of sp³-hybridized carbons (Fsp3) is 0.409. The van der Waals surface area contributed by atoms with Crippen LogP contribution in [0.4, 0.5) is 0 Å². The maximum atomic E-state index is 13.3. The summed E-state index contributed by atoms with van der Waals surface area (Å²) in [6.07, 6.45) is 7.17. The highest BCUT2D eigenvalue weighted by Crippen LogP contribution is 2.42. The van der Waals surface area contributed by atoms with Crippen molar-refractivity contribution >= 4 is 29.1 Å². The van der Waals surface area contributed by atoms with E-state index in [1.54, 1.807) is 11.1 Å². The molecule has 4 atom stereocenters. The third kappa shape index (κ3) is 3.60. The van der Waals surface area contributed by atoms with Crippen LogP contribution in [0.3, 0.4) is 0 Å². The molecule has 1 unspecified atom stereocenters. The summed E-state index contributed by atoms with van der Waals surface area (Å²) in [4.78, 5) is 54.3. The van der Waals surface area contributed by atoms with Crippen LogP contribution in [0.15, 0.2) is 36.8 Å². The first kappa shape index (κ1) is 19.5. The van der Waals surface area contributed by atoms with Crippen LogP contribution in [-0.4, -0.2) is 61.6 Å². The number of aldehydes is 1. The molecule has 31 heavy (non-hydrogen) atoms. The summed E-state index contributed by atoms with van der Waals surface area (Å²) in [5.74, 6) is 0.0833. The molecule has 2 amide bonds. The number of imidazole rings is 2. The SMILES string of the molecule is O=C[C@H](Cc1cnc[nH]1)NC(=O)[C@@H]1C2CCC[C@H]2CN1C(=O)c1nc2ccccc2[nH]1. The number of fused-ring (bicyclic) bond motifs is 2. The first-order valence-electron chi connectivity index (χ1n) is 10.6. The minimum Gasteiger partial charge on any atom is -0.348 e. The molecule has 1 aliphatic carbocycles. The van der Waals surface area contributed by atoms with Gasteiger partial charge in [0.1, 0.15) is 12.3 Å². The van der Waals surface area contributed by atoms with Crippen molar-refractivity contribution in [1.29, 1.82) is 0 Å². The Morgan fingerprint density at radius 1 is 1.29 bits per heavy atom. The molecule has 2 aliphatic rings. The number of para-hydroxylation sites is 2. The van der Waals surface area contributed by atoms with E-state index in [-0.39, 0.29) is 23.6 Å². The molecule has 3 heterocycles. The molecule has 5 rings (SSSR count). The Hall–Kier alpha value is -3.49. The van der Waals surface area contributed by atoms with Gasteiger partial charge in [-0.2, -0.15) is 0 Å². The van der Waals surface area contributed by atoms with Crippen molar-refractivity contribution < 1.29 is 14.4 Å². The summed E-state index contributed by atoms with van der Waals surface area (Å²) in [5, 5.41) is 2.84. The lowest BCUT2D eigenvalue weighted by Crippen LogP contribution is -2.52. The Morgan fingerprint density at radius 2 is 2.16 bits per heavy atom. The maximum Gasteiger partial charge on any atom is 0.290 e. The van der Waals surface area contributed by atoms with Gasteiger partial charge in [-0.3, -0.25) is 9.59 Å². The van der Waals surface area contributed by atoms with Crippen molar-refractivity contribution in [2.75, 3.05) is 6.54 Å². The highest BCUT2D eigenvalue weighted by atomic mass is 16.2. The predicted octanol–water partition coefficient (Wildman–Crippen LogP) is 1.45. The van der Waals surface area contributed by atoms with E-state index >= 15 is 0 Å². The average molecular weight is 420 g/mol. The largest absolute Gasteiger partial charge is 0.348 e. The normalized spacial score (nSPS) is 23.6. The zero-order valence-corrected chi connectivity index (χ0v) is 17.0. The van der Waals surface area contributed by atoms with Gasteiger partial charge in [0.2, 0.25) is 5.91 Å². The Kier molecular flexibility index (Phi) is 5.01. The Morgan fingerprint density at radius 3 is 2.94 bits per heavy atom. The van der Waals surface area contributed by atoms with Gasteiger partial charge in [-0.05, 0) is 36.8 Å². The minimum absolute atomic E-state index is 0.104. The summed E-state index contributed by atoms with van der Waals surface area (Å²) in [5.41, 5.74) is 2.26. The molecule has 3 aromatic rings. The number of hydrogen-bond acceptors (Lipinski definition) is 5. The quantitative estimate of drug-likeness (QED) is 0.521. The number of aromatic amines is 2. The molecule has 0 bridgehead atoms. The summed E-state index contributed by atoms with van der Waals surface area (Å²) >= 11 is 0. The molecule has 0 radical (unpaired) electrons. The standard InChI is InChI=1S/C22H24N6O3/c29-11-15(8-14-9-23-12-24-14)25-21(30)19-16-5-3-4-13(16)10-28(19)22(31)20-26-17-6-1-2-7-18(17)27-20/h1-2,6-7,9,11-13,15-16,19H,3-5,8,10H2,(H,23,24)(H,25,30)(H,26,27)/t13-,15-,16?,19-/m0/s1. The van der Waals surface area contributed by atoms with Gasteiger partial charge in [0, 0.05) is 24.9 Å². The van der Waals surface area contributed by atoms with Crippen molar-refractivity contribution in [1.82, 2.24) is 30.2 Å². The van der Waals surface area contributed by atoms with E-state index in [0.717, 1.165) is 36.8 Å². The van der Waals surface area contributed by atoms with Gasteiger partial charge in [0.05, 0.1) is 23.4 Å². The van der Waals surface area contributed by atoms with Crippen molar-refractivity contribution in [2.24, 2.45) is 11.8 Å². The monoisotopic (exact) mass is 420 g/mol. The summed E-state index contributed by atoms with van der Waals surface area (Å²) in [6.45, 7) is 0.533. The van der Waals surface area contributed by atoms with Crippen LogP contribution in [0.1, 0.15) is 35.6 Å². The van der Waals surface area contributed by atoms with Gasteiger partial charge in [-0.15, -0.1) is 0 Å². The van der Waals surface area contributed by atoms with E-state index in [0.29, 0.717) is 24.4 Å². The first-order chi connectivity index (χ1) is 15.1.